The van der Waals surface area contributed by atoms with Gasteiger partial charge in [-0.15, -0.1) is 0 Å². The molecule has 0 aliphatic carbocycles. The molecule has 200 valence electrons. The molecule has 0 radical (unpaired) electrons. The number of rotatable bonds is 12. The van der Waals surface area contributed by atoms with E-state index in [-0.39, 0.29) is 11.3 Å². The van der Waals surface area contributed by atoms with Crippen LogP contribution >= 0.6 is 0 Å². The van der Waals surface area contributed by atoms with E-state index < -0.39 is 17.7 Å². The summed E-state index contributed by atoms with van der Waals surface area (Å²) in [5.41, 5.74) is 2.00. The van der Waals surface area contributed by atoms with Crippen molar-refractivity contribution in [3.05, 3.63) is 58.7 Å². The summed E-state index contributed by atoms with van der Waals surface area (Å²) in [5.74, 6) is 0.190. The number of aryl methyl sites for hydroxylation is 1. The van der Waals surface area contributed by atoms with Crippen molar-refractivity contribution in [1.82, 2.24) is 9.80 Å². The molecule has 1 N–H and O–H groups in total. The van der Waals surface area contributed by atoms with Crippen molar-refractivity contribution in [2.24, 2.45) is 0 Å². The molecule has 1 heterocycles. The van der Waals surface area contributed by atoms with Gasteiger partial charge in [-0.1, -0.05) is 19.4 Å². The van der Waals surface area contributed by atoms with Crippen LogP contribution in [0.2, 0.25) is 0 Å². The van der Waals surface area contributed by atoms with E-state index in [0.717, 1.165) is 30.7 Å². The summed E-state index contributed by atoms with van der Waals surface area (Å²) in [7, 11) is 6.99. The van der Waals surface area contributed by atoms with Crippen molar-refractivity contribution < 1.29 is 28.9 Å². The molecule has 8 heteroatoms. The van der Waals surface area contributed by atoms with E-state index in [4.69, 9.17) is 14.2 Å². The van der Waals surface area contributed by atoms with Crippen molar-refractivity contribution in [3.8, 4) is 17.2 Å². The highest BCUT2D eigenvalue weighted by molar-refractivity contribution is 6.46. The van der Waals surface area contributed by atoms with Gasteiger partial charge in [0, 0.05) is 12.1 Å². The Morgan fingerprint density at radius 1 is 1.00 bits per heavy atom. The maximum Gasteiger partial charge on any atom is 0.295 e. The number of carbonyl (C=O) groups is 2. The molecule has 0 unspecified atom stereocenters. The Hall–Kier alpha value is -3.52. The molecule has 1 amide bonds. The van der Waals surface area contributed by atoms with Gasteiger partial charge in [0.15, 0.2) is 11.5 Å². The molecule has 1 atom stereocenters. The van der Waals surface area contributed by atoms with E-state index in [1.165, 1.54) is 12.0 Å². The zero-order chi connectivity index (χ0) is 27.1. The van der Waals surface area contributed by atoms with Gasteiger partial charge in [0.05, 0.1) is 32.4 Å². The lowest BCUT2D eigenvalue weighted by Crippen LogP contribution is -2.32. The van der Waals surface area contributed by atoms with Gasteiger partial charge in [-0.3, -0.25) is 9.59 Å². The second-order valence-electron chi connectivity index (χ2n) is 9.45. The number of amides is 1. The van der Waals surface area contributed by atoms with Crippen molar-refractivity contribution >= 4 is 17.4 Å². The van der Waals surface area contributed by atoms with Gasteiger partial charge in [-0.05, 0) is 81.9 Å². The van der Waals surface area contributed by atoms with Crippen LogP contribution in [0.15, 0.2) is 42.0 Å². The number of hydrogen-bond acceptors (Lipinski definition) is 7. The minimum Gasteiger partial charge on any atom is -0.507 e. The SMILES string of the molecule is CCCCOc1ccc(C(O)=C2C(=O)C(=O)N(CCCN(C)C)[C@H]2c2ccc(OC)c(OC)c2)cc1C. The number of likely N-dealkylation sites (tertiary alicyclic amines) is 1. The molecule has 2 aromatic rings. The van der Waals surface area contributed by atoms with Crippen LogP contribution in [0.25, 0.3) is 5.76 Å². The summed E-state index contributed by atoms with van der Waals surface area (Å²) in [6.45, 7) is 5.72. The fourth-order valence-corrected chi connectivity index (χ4v) is 4.48. The highest BCUT2D eigenvalue weighted by atomic mass is 16.5. The smallest absolute Gasteiger partial charge is 0.295 e. The lowest BCUT2D eigenvalue weighted by molar-refractivity contribution is -0.139. The summed E-state index contributed by atoms with van der Waals surface area (Å²) in [6.07, 6.45) is 2.65. The van der Waals surface area contributed by atoms with Crippen molar-refractivity contribution in [1.29, 1.82) is 0 Å². The third kappa shape index (κ3) is 6.25. The normalized spacial score (nSPS) is 16.9. The lowest BCUT2D eigenvalue weighted by Gasteiger charge is -2.26. The molecular weight excluding hydrogens is 472 g/mol. The van der Waals surface area contributed by atoms with Crippen LogP contribution in [-0.4, -0.2) is 74.6 Å². The molecule has 0 aromatic heterocycles. The Bertz CT molecular complexity index is 1160. The van der Waals surface area contributed by atoms with Crippen LogP contribution in [0.1, 0.15) is 48.9 Å². The highest BCUT2D eigenvalue weighted by Crippen LogP contribution is 2.42. The summed E-state index contributed by atoms with van der Waals surface area (Å²) < 4.78 is 16.7. The Labute approximate surface area is 219 Å². The van der Waals surface area contributed by atoms with Crippen LogP contribution in [0.4, 0.5) is 0 Å². The van der Waals surface area contributed by atoms with Gasteiger partial charge >= 0.3 is 0 Å². The Balaban J connectivity index is 2.08. The molecule has 8 nitrogen and oxygen atoms in total. The third-order valence-electron chi connectivity index (χ3n) is 6.47. The zero-order valence-corrected chi connectivity index (χ0v) is 22.7. The highest BCUT2D eigenvalue weighted by Gasteiger charge is 2.46. The van der Waals surface area contributed by atoms with Gasteiger partial charge < -0.3 is 29.1 Å². The average Bonchev–Trinajstić information content (AvgIpc) is 3.13. The first kappa shape index (κ1) is 28.1. The van der Waals surface area contributed by atoms with E-state index in [9.17, 15) is 14.7 Å². The van der Waals surface area contributed by atoms with Crippen molar-refractivity contribution in [2.75, 3.05) is 48.0 Å². The number of hydrogen-bond donors (Lipinski definition) is 1. The number of Topliss-reactive ketones (excluding diaryl/α,β-unsaturated/α-hetero) is 1. The number of ether oxygens (including phenoxy) is 3. The van der Waals surface area contributed by atoms with Gasteiger partial charge in [-0.2, -0.15) is 0 Å². The second-order valence-corrected chi connectivity index (χ2v) is 9.45. The second kappa shape index (κ2) is 12.6. The Morgan fingerprint density at radius 2 is 1.70 bits per heavy atom. The van der Waals surface area contributed by atoms with Crippen LogP contribution in [-0.2, 0) is 9.59 Å². The van der Waals surface area contributed by atoms with E-state index >= 15 is 0 Å². The maximum absolute atomic E-state index is 13.3. The fourth-order valence-electron chi connectivity index (χ4n) is 4.48. The predicted molar refractivity (Wildman–Crippen MR) is 143 cm³/mol. The minimum absolute atomic E-state index is 0.0566. The average molecular weight is 511 g/mol. The van der Waals surface area contributed by atoms with Gasteiger partial charge in [0.2, 0.25) is 0 Å². The molecule has 1 aliphatic heterocycles. The van der Waals surface area contributed by atoms with Crippen molar-refractivity contribution in [2.45, 2.75) is 39.2 Å². The first-order valence-electron chi connectivity index (χ1n) is 12.6. The summed E-state index contributed by atoms with van der Waals surface area (Å²) in [6, 6.07) is 9.80. The first-order valence-corrected chi connectivity index (χ1v) is 12.6. The Morgan fingerprint density at radius 3 is 2.32 bits per heavy atom. The summed E-state index contributed by atoms with van der Waals surface area (Å²) >= 11 is 0. The topological polar surface area (TPSA) is 88.5 Å². The lowest BCUT2D eigenvalue weighted by atomic mass is 9.94. The first-order chi connectivity index (χ1) is 17.7. The van der Waals surface area contributed by atoms with E-state index in [1.54, 1.807) is 43.5 Å². The van der Waals surface area contributed by atoms with E-state index in [0.29, 0.717) is 42.2 Å². The summed E-state index contributed by atoms with van der Waals surface area (Å²) in [4.78, 5) is 30.1. The summed E-state index contributed by atoms with van der Waals surface area (Å²) in [5, 5.41) is 11.4. The van der Waals surface area contributed by atoms with Crippen LogP contribution in [0, 0.1) is 6.92 Å². The number of benzene rings is 2. The number of carbonyl (C=O) groups excluding carboxylic acids is 2. The zero-order valence-electron chi connectivity index (χ0n) is 22.7. The molecule has 1 aliphatic rings. The number of aliphatic hydroxyl groups is 1. The fraction of sp³-hybridized carbons (Fsp3) is 0.448. The molecule has 37 heavy (non-hydrogen) atoms. The quantitative estimate of drug-likeness (QED) is 0.194. The molecule has 2 aromatic carbocycles. The molecule has 0 bridgehead atoms. The predicted octanol–water partition coefficient (Wildman–Crippen LogP) is 4.56. The monoisotopic (exact) mass is 510 g/mol. The maximum atomic E-state index is 13.3. The number of nitrogens with zero attached hydrogens (tertiary/aromatic N) is 2. The Kier molecular flexibility index (Phi) is 9.58. The van der Waals surface area contributed by atoms with Gasteiger partial charge in [0.1, 0.15) is 11.5 Å². The number of ketones is 1. The molecule has 1 saturated heterocycles. The van der Waals surface area contributed by atoms with Gasteiger partial charge in [-0.25, -0.2) is 0 Å². The molecular formula is C29H38N2O6. The standard InChI is InChI=1S/C29H38N2O6/c1-7-8-16-37-22-12-11-21(17-19(22)2)27(32)25-26(20-10-13-23(35-5)24(18-20)36-6)31(29(34)28(25)33)15-9-14-30(3)4/h10-13,17-18,26,32H,7-9,14-16H2,1-6H3/t26-/m0/s1. The van der Waals surface area contributed by atoms with Crippen molar-refractivity contribution in [3.63, 3.8) is 0 Å². The number of methoxy groups -OCH3 is 2. The minimum atomic E-state index is -0.761. The van der Waals surface area contributed by atoms with E-state index in [2.05, 4.69) is 6.92 Å². The molecule has 0 saturated carbocycles. The van der Waals surface area contributed by atoms with Crippen LogP contribution in [0.3, 0.4) is 0 Å². The van der Waals surface area contributed by atoms with E-state index in [1.807, 2.05) is 25.9 Å². The van der Waals surface area contributed by atoms with Crippen LogP contribution < -0.4 is 14.2 Å². The molecule has 1 fully saturated rings. The van der Waals surface area contributed by atoms with Gasteiger partial charge in [0.25, 0.3) is 11.7 Å². The molecule has 0 spiro atoms. The molecule has 3 rings (SSSR count). The number of unbranched alkanes of at least 4 members (excludes halogenated alkanes) is 1. The third-order valence-corrected chi connectivity index (χ3v) is 6.47. The largest absolute Gasteiger partial charge is 0.507 e. The van der Waals surface area contributed by atoms with Crippen LogP contribution in [0.5, 0.6) is 17.2 Å². The number of aliphatic hydroxyl groups excluding tert-OH is 1.